The van der Waals surface area contributed by atoms with Gasteiger partial charge in [-0.05, 0) is 35.4 Å². The third kappa shape index (κ3) is 2.74. The van der Waals surface area contributed by atoms with Crippen LogP contribution in [0.3, 0.4) is 0 Å². The second-order valence-corrected chi connectivity index (χ2v) is 5.46. The summed E-state index contributed by atoms with van der Waals surface area (Å²) in [4.78, 5) is 14.3. The third-order valence-electron chi connectivity index (χ3n) is 3.91. The molecule has 7 heteroatoms. The number of benzene rings is 2. The molecule has 0 atom stereocenters. The highest BCUT2D eigenvalue weighted by molar-refractivity contribution is 5.86. The first-order valence-electron chi connectivity index (χ1n) is 7.41. The Bertz CT molecular complexity index is 1150. The number of phenolic OH excluding ortho intramolecular Hbond substituents is 1. The van der Waals surface area contributed by atoms with Crippen molar-refractivity contribution >= 4 is 5.82 Å². The maximum absolute atomic E-state index is 13.1. The number of nitrogens with zero attached hydrogens (tertiary/aromatic N) is 2. The predicted octanol–water partition coefficient (Wildman–Crippen LogP) is 2.88. The summed E-state index contributed by atoms with van der Waals surface area (Å²) in [5.41, 5.74) is 5.81. The Labute approximate surface area is 147 Å². The maximum Gasteiger partial charge on any atom is 0.268 e. The molecule has 0 aliphatic carbocycles. The number of H-pyrrole nitrogens is 1. The molecule has 126 valence electrons. The van der Waals surface area contributed by atoms with Crippen LogP contribution in [0.2, 0.25) is 0 Å². The van der Waals surface area contributed by atoms with Gasteiger partial charge in [0.1, 0.15) is 40.6 Å². The number of nitrogens with two attached hydrogens (primary N) is 1. The van der Waals surface area contributed by atoms with E-state index in [0.29, 0.717) is 11.1 Å². The van der Waals surface area contributed by atoms with Crippen LogP contribution in [0.25, 0.3) is 22.3 Å². The molecule has 0 saturated heterocycles. The van der Waals surface area contributed by atoms with Crippen molar-refractivity contribution in [2.45, 2.75) is 0 Å². The van der Waals surface area contributed by atoms with E-state index in [2.05, 4.69) is 4.98 Å². The van der Waals surface area contributed by atoms with Crippen molar-refractivity contribution in [3.05, 3.63) is 69.8 Å². The monoisotopic (exact) mass is 346 g/mol. The molecule has 3 aromatic rings. The normalized spacial score (nSPS) is 10.1. The number of nitrogens with one attached hydrogen (secondary N) is 1. The molecule has 0 unspecified atom stereocenters. The number of phenols is 1. The molecule has 0 aliphatic heterocycles. The standard InChI is InChI=1S/C19H11FN4O2/c20-12-4-1-10(2-5-12)11-3-6-16(25)13(7-11)17-14(8-21)18(23)24-19(26)15(17)9-22/h1-7,25H,(H3,23,24,26). The lowest BCUT2D eigenvalue weighted by atomic mass is 9.93. The third-order valence-corrected chi connectivity index (χ3v) is 3.91. The second kappa shape index (κ2) is 6.42. The summed E-state index contributed by atoms with van der Waals surface area (Å²) in [5, 5.41) is 29.0. The van der Waals surface area contributed by atoms with Gasteiger partial charge in [0.15, 0.2) is 0 Å². The summed E-state index contributed by atoms with van der Waals surface area (Å²) in [6.45, 7) is 0. The van der Waals surface area contributed by atoms with Gasteiger partial charge in [0.2, 0.25) is 0 Å². The van der Waals surface area contributed by atoms with Crippen molar-refractivity contribution < 1.29 is 9.50 Å². The van der Waals surface area contributed by atoms with Gasteiger partial charge in [0.05, 0.1) is 0 Å². The lowest BCUT2D eigenvalue weighted by Gasteiger charge is -2.12. The summed E-state index contributed by atoms with van der Waals surface area (Å²) < 4.78 is 13.1. The van der Waals surface area contributed by atoms with E-state index in [1.807, 2.05) is 6.07 Å². The first-order chi connectivity index (χ1) is 12.5. The Morgan fingerprint density at radius 3 is 2.23 bits per heavy atom. The molecule has 0 bridgehead atoms. The topological polar surface area (TPSA) is 127 Å². The molecule has 1 aromatic heterocycles. The van der Waals surface area contributed by atoms with Crippen LogP contribution in [-0.2, 0) is 0 Å². The number of rotatable bonds is 2. The van der Waals surface area contributed by atoms with Gasteiger partial charge in [-0.15, -0.1) is 0 Å². The van der Waals surface area contributed by atoms with Crippen LogP contribution in [0.5, 0.6) is 5.75 Å². The Morgan fingerprint density at radius 2 is 1.62 bits per heavy atom. The van der Waals surface area contributed by atoms with Gasteiger partial charge in [-0.25, -0.2) is 4.39 Å². The van der Waals surface area contributed by atoms with Gasteiger partial charge >= 0.3 is 0 Å². The Balaban J connectivity index is 2.34. The average Bonchev–Trinajstić information content (AvgIpc) is 2.62. The first kappa shape index (κ1) is 16.7. The zero-order valence-electron chi connectivity index (χ0n) is 13.2. The summed E-state index contributed by atoms with van der Waals surface area (Å²) in [6, 6.07) is 13.7. The van der Waals surface area contributed by atoms with E-state index in [1.54, 1.807) is 24.3 Å². The Hall–Kier alpha value is -4.10. The number of halogens is 1. The molecule has 0 amide bonds. The lowest BCUT2D eigenvalue weighted by Crippen LogP contribution is -2.16. The minimum atomic E-state index is -0.759. The Kier molecular flexibility index (Phi) is 4.14. The minimum Gasteiger partial charge on any atom is -0.507 e. The van der Waals surface area contributed by atoms with E-state index < -0.39 is 11.4 Å². The van der Waals surface area contributed by atoms with Crippen LogP contribution >= 0.6 is 0 Å². The van der Waals surface area contributed by atoms with Crippen LogP contribution in [0.4, 0.5) is 10.2 Å². The Morgan fingerprint density at radius 1 is 1.00 bits per heavy atom. The summed E-state index contributed by atoms with van der Waals surface area (Å²) >= 11 is 0. The molecule has 0 saturated carbocycles. The number of aromatic amines is 1. The molecular formula is C19H11FN4O2. The molecule has 1 heterocycles. The molecule has 4 N–H and O–H groups in total. The van der Waals surface area contributed by atoms with E-state index in [9.17, 15) is 24.8 Å². The van der Waals surface area contributed by atoms with Gasteiger partial charge in [-0.2, -0.15) is 10.5 Å². The summed E-state index contributed by atoms with van der Waals surface area (Å²) in [7, 11) is 0. The van der Waals surface area contributed by atoms with Crippen molar-refractivity contribution in [1.82, 2.24) is 4.98 Å². The summed E-state index contributed by atoms with van der Waals surface area (Å²) in [6.07, 6.45) is 0. The van der Waals surface area contributed by atoms with Gasteiger partial charge in [-0.1, -0.05) is 18.2 Å². The van der Waals surface area contributed by atoms with Crippen LogP contribution in [0.1, 0.15) is 11.1 Å². The molecule has 26 heavy (non-hydrogen) atoms. The van der Waals surface area contributed by atoms with E-state index in [0.717, 1.165) is 0 Å². The quantitative estimate of drug-likeness (QED) is 0.657. The van der Waals surface area contributed by atoms with Crippen LogP contribution < -0.4 is 11.3 Å². The minimum absolute atomic E-state index is 0.0438. The number of pyridine rings is 1. The zero-order valence-corrected chi connectivity index (χ0v) is 13.2. The van der Waals surface area contributed by atoms with E-state index >= 15 is 0 Å². The van der Waals surface area contributed by atoms with Crippen LogP contribution in [-0.4, -0.2) is 10.1 Å². The number of hydrogen-bond acceptors (Lipinski definition) is 5. The number of hydrogen-bond donors (Lipinski definition) is 3. The fourth-order valence-corrected chi connectivity index (χ4v) is 2.67. The van der Waals surface area contributed by atoms with Crippen molar-refractivity contribution in [3.63, 3.8) is 0 Å². The van der Waals surface area contributed by atoms with Crippen LogP contribution in [0.15, 0.2) is 47.3 Å². The van der Waals surface area contributed by atoms with Gasteiger partial charge in [-0.3, -0.25) is 4.79 Å². The molecular weight excluding hydrogens is 335 g/mol. The number of aromatic nitrogens is 1. The molecule has 0 aliphatic rings. The second-order valence-electron chi connectivity index (χ2n) is 5.46. The number of nitrogen functional groups attached to an aromatic ring is 1. The molecule has 0 spiro atoms. The highest BCUT2D eigenvalue weighted by Crippen LogP contribution is 2.37. The summed E-state index contributed by atoms with van der Waals surface area (Å²) in [5.74, 6) is -0.819. The SMILES string of the molecule is N#Cc1c(N)[nH]c(=O)c(C#N)c1-c1cc(-c2ccc(F)cc2)ccc1O. The highest BCUT2D eigenvalue weighted by atomic mass is 19.1. The number of anilines is 1. The highest BCUT2D eigenvalue weighted by Gasteiger charge is 2.21. The predicted molar refractivity (Wildman–Crippen MR) is 93.4 cm³/mol. The molecule has 0 radical (unpaired) electrons. The van der Waals surface area contributed by atoms with Gasteiger partial charge < -0.3 is 15.8 Å². The maximum atomic E-state index is 13.1. The average molecular weight is 346 g/mol. The van der Waals surface area contributed by atoms with Crippen molar-refractivity contribution in [2.75, 3.05) is 5.73 Å². The fourth-order valence-electron chi connectivity index (χ4n) is 2.67. The molecule has 0 fully saturated rings. The van der Waals surface area contributed by atoms with Gasteiger partial charge in [0, 0.05) is 11.1 Å². The van der Waals surface area contributed by atoms with Crippen molar-refractivity contribution in [2.24, 2.45) is 0 Å². The van der Waals surface area contributed by atoms with Crippen molar-refractivity contribution in [3.8, 4) is 40.1 Å². The smallest absolute Gasteiger partial charge is 0.268 e. The van der Waals surface area contributed by atoms with E-state index in [1.165, 1.54) is 24.3 Å². The van der Waals surface area contributed by atoms with E-state index in [-0.39, 0.29) is 33.8 Å². The number of nitriles is 2. The first-order valence-corrected chi connectivity index (χ1v) is 7.41. The fraction of sp³-hybridized carbons (Fsp3) is 0. The number of aromatic hydroxyl groups is 1. The molecule has 2 aromatic carbocycles. The van der Waals surface area contributed by atoms with E-state index in [4.69, 9.17) is 5.73 Å². The largest absolute Gasteiger partial charge is 0.507 e. The van der Waals surface area contributed by atoms with Gasteiger partial charge in [0.25, 0.3) is 5.56 Å². The molecule has 6 nitrogen and oxygen atoms in total. The molecule has 3 rings (SSSR count). The zero-order chi connectivity index (χ0) is 18.8. The lowest BCUT2D eigenvalue weighted by molar-refractivity contribution is 0.477. The van der Waals surface area contributed by atoms with Crippen molar-refractivity contribution in [1.29, 1.82) is 10.5 Å². The van der Waals surface area contributed by atoms with Crippen LogP contribution in [0, 0.1) is 28.5 Å².